The Labute approximate surface area is 149 Å². The number of hydrogen-bond donors (Lipinski definition) is 1. The molecule has 8 heteroatoms. The summed E-state index contributed by atoms with van der Waals surface area (Å²) in [7, 11) is 0. The first-order chi connectivity index (χ1) is 12.3. The van der Waals surface area contributed by atoms with Gasteiger partial charge in [-0.3, -0.25) is 14.9 Å². The number of aromatic nitrogens is 3. The standard InChI is InChI=1S/C18H17N5O3/c1-11-4-9-16(12(2)10-11)22-20-13(3)17(21-22)18(24)19-14-5-7-15(8-6-14)23(25)26/h4-10H,1-3H3,(H,19,24). The van der Waals surface area contributed by atoms with Crippen molar-refractivity contribution < 1.29 is 9.72 Å². The quantitative estimate of drug-likeness (QED) is 0.573. The van der Waals surface area contributed by atoms with Crippen molar-refractivity contribution in [1.29, 1.82) is 0 Å². The second-order valence-electron chi connectivity index (χ2n) is 5.97. The van der Waals surface area contributed by atoms with Gasteiger partial charge in [0.05, 0.1) is 16.3 Å². The Hall–Kier alpha value is -3.55. The fraction of sp³-hybridized carbons (Fsp3) is 0.167. The van der Waals surface area contributed by atoms with Gasteiger partial charge in [0.25, 0.3) is 11.6 Å². The summed E-state index contributed by atoms with van der Waals surface area (Å²) in [6.07, 6.45) is 0. The molecule has 0 spiro atoms. The van der Waals surface area contributed by atoms with Crippen molar-refractivity contribution in [1.82, 2.24) is 15.0 Å². The van der Waals surface area contributed by atoms with Gasteiger partial charge in [0, 0.05) is 17.8 Å². The molecular formula is C18H17N5O3. The van der Waals surface area contributed by atoms with Crippen LogP contribution in [-0.2, 0) is 0 Å². The maximum atomic E-state index is 12.5. The summed E-state index contributed by atoms with van der Waals surface area (Å²) in [6.45, 7) is 5.66. The Morgan fingerprint density at radius 2 is 1.77 bits per heavy atom. The van der Waals surface area contributed by atoms with E-state index in [-0.39, 0.29) is 11.4 Å². The molecule has 1 heterocycles. The summed E-state index contributed by atoms with van der Waals surface area (Å²) in [5.41, 5.74) is 4.02. The van der Waals surface area contributed by atoms with E-state index in [0.717, 1.165) is 16.8 Å². The van der Waals surface area contributed by atoms with Gasteiger partial charge < -0.3 is 5.32 Å². The molecule has 0 atom stereocenters. The molecule has 26 heavy (non-hydrogen) atoms. The van der Waals surface area contributed by atoms with E-state index in [4.69, 9.17) is 0 Å². The van der Waals surface area contributed by atoms with Gasteiger partial charge in [-0.1, -0.05) is 17.7 Å². The van der Waals surface area contributed by atoms with Crippen molar-refractivity contribution in [2.75, 3.05) is 5.32 Å². The van der Waals surface area contributed by atoms with Gasteiger partial charge in [0.2, 0.25) is 0 Å². The zero-order valence-corrected chi connectivity index (χ0v) is 14.6. The third-order valence-electron chi connectivity index (χ3n) is 3.90. The third-order valence-corrected chi connectivity index (χ3v) is 3.90. The minimum Gasteiger partial charge on any atom is -0.321 e. The zero-order valence-electron chi connectivity index (χ0n) is 14.6. The van der Waals surface area contributed by atoms with E-state index in [1.807, 2.05) is 32.0 Å². The molecule has 1 N–H and O–H groups in total. The van der Waals surface area contributed by atoms with E-state index in [2.05, 4.69) is 15.5 Å². The number of hydrogen-bond acceptors (Lipinski definition) is 5. The lowest BCUT2D eigenvalue weighted by Gasteiger charge is -2.05. The highest BCUT2D eigenvalue weighted by Crippen LogP contribution is 2.18. The van der Waals surface area contributed by atoms with E-state index in [0.29, 0.717) is 11.4 Å². The number of nitrogens with zero attached hydrogens (tertiary/aromatic N) is 4. The maximum absolute atomic E-state index is 12.5. The molecule has 0 saturated carbocycles. The zero-order chi connectivity index (χ0) is 18.8. The fourth-order valence-corrected chi connectivity index (χ4v) is 2.58. The number of carbonyl (C=O) groups is 1. The first-order valence-electron chi connectivity index (χ1n) is 7.92. The number of non-ortho nitro benzene ring substituents is 1. The maximum Gasteiger partial charge on any atom is 0.278 e. The molecule has 0 aliphatic carbocycles. The Kier molecular flexibility index (Phi) is 4.49. The lowest BCUT2D eigenvalue weighted by molar-refractivity contribution is -0.384. The van der Waals surface area contributed by atoms with Crippen molar-refractivity contribution in [3.8, 4) is 5.69 Å². The van der Waals surface area contributed by atoms with Crippen molar-refractivity contribution in [2.45, 2.75) is 20.8 Å². The van der Waals surface area contributed by atoms with E-state index < -0.39 is 10.8 Å². The molecule has 1 aromatic heterocycles. The van der Waals surface area contributed by atoms with Crippen LogP contribution in [0.5, 0.6) is 0 Å². The number of rotatable bonds is 4. The molecule has 0 fully saturated rings. The fourth-order valence-electron chi connectivity index (χ4n) is 2.58. The molecule has 0 aliphatic heterocycles. The van der Waals surface area contributed by atoms with E-state index in [9.17, 15) is 14.9 Å². The van der Waals surface area contributed by atoms with Crippen LogP contribution in [0.15, 0.2) is 42.5 Å². The molecule has 0 saturated heterocycles. The largest absolute Gasteiger partial charge is 0.321 e. The molecule has 3 rings (SSSR count). The van der Waals surface area contributed by atoms with E-state index in [1.165, 1.54) is 29.1 Å². The van der Waals surface area contributed by atoms with Gasteiger partial charge in [0.1, 0.15) is 0 Å². The predicted molar refractivity (Wildman–Crippen MR) is 96.6 cm³/mol. The number of aryl methyl sites for hydroxylation is 3. The minimum atomic E-state index is -0.495. The van der Waals surface area contributed by atoms with Gasteiger partial charge in [-0.15, -0.1) is 5.10 Å². The smallest absolute Gasteiger partial charge is 0.278 e. The Morgan fingerprint density at radius 1 is 1.08 bits per heavy atom. The summed E-state index contributed by atoms with van der Waals surface area (Å²) in [5.74, 6) is -0.424. The van der Waals surface area contributed by atoms with Crippen LogP contribution in [0.25, 0.3) is 5.69 Å². The number of amides is 1. The normalized spacial score (nSPS) is 10.6. The molecule has 2 aromatic carbocycles. The lowest BCUT2D eigenvalue weighted by atomic mass is 10.1. The highest BCUT2D eigenvalue weighted by Gasteiger charge is 2.17. The monoisotopic (exact) mass is 351 g/mol. The minimum absolute atomic E-state index is 0.0417. The van der Waals surface area contributed by atoms with Crippen molar-refractivity contribution in [2.24, 2.45) is 0 Å². The summed E-state index contributed by atoms with van der Waals surface area (Å²) < 4.78 is 0. The molecule has 0 aliphatic rings. The first kappa shape index (κ1) is 17.3. The van der Waals surface area contributed by atoms with Crippen molar-refractivity contribution in [3.63, 3.8) is 0 Å². The van der Waals surface area contributed by atoms with Gasteiger partial charge in [0.15, 0.2) is 5.69 Å². The average molecular weight is 351 g/mol. The molecular weight excluding hydrogens is 334 g/mol. The SMILES string of the molecule is Cc1ccc(-n2nc(C)c(C(=O)Nc3ccc([N+](=O)[O-])cc3)n2)c(C)c1. The average Bonchev–Trinajstić information content (AvgIpc) is 2.97. The van der Waals surface area contributed by atoms with Crippen LogP contribution in [0.1, 0.15) is 27.3 Å². The van der Waals surface area contributed by atoms with E-state index in [1.54, 1.807) is 6.92 Å². The molecule has 0 unspecified atom stereocenters. The number of anilines is 1. The van der Waals surface area contributed by atoms with Gasteiger partial charge >= 0.3 is 0 Å². The van der Waals surface area contributed by atoms with Gasteiger partial charge in [-0.25, -0.2) is 0 Å². The summed E-state index contributed by atoms with van der Waals surface area (Å²) >= 11 is 0. The molecule has 132 valence electrons. The molecule has 0 radical (unpaired) electrons. The second-order valence-corrected chi connectivity index (χ2v) is 5.97. The predicted octanol–water partition coefficient (Wildman–Crippen LogP) is 3.35. The van der Waals surface area contributed by atoms with Crippen LogP contribution in [0, 0.1) is 30.9 Å². The van der Waals surface area contributed by atoms with Crippen LogP contribution < -0.4 is 5.32 Å². The van der Waals surface area contributed by atoms with Crippen molar-refractivity contribution >= 4 is 17.3 Å². The summed E-state index contributed by atoms with van der Waals surface area (Å²) in [4.78, 5) is 24.1. The van der Waals surface area contributed by atoms with Crippen LogP contribution in [0.4, 0.5) is 11.4 Å². The number of carbonyl (C=O) groups excluding carboxylic acids is 1. The van der Waals surface area contributed by atoms with Crippen LogP contribution in [-0.4, -0.2) is 25.8 Å². The lowest BCUT2D eigenvalue weighted by Crippen LogP contribution is -2.14. The summed E-state index contributed by atoms with van der Waals surface area (Å²) in [5, 5.41) is 22.0. The topological polar surface area (TPSA) is 103 Å². The van der Waals surface area contributed by atoms with Crippen LogP contribution >= 0.6 is 0 Å². The molecule has 8 nitrogen and oxygen atoms in total. The second kappa shape index (κ2) is 6.75. The number of nitro benzene ring substituents is 1. The van der Waals surface area contributed by atoms with Crippen LogP contribution in [0.2, 0.25) is 0 Å². The molecule has 1 amide bonds. The van der Waals surface area contributed by atoms with Crippen LogP contribution in [0.3, 0.4) is 0 Å². The number of nitrogens with one attached hydrogen (secondary N) is 1. The highest BCUT2D eigenvalue weighted by atomic mass is 16.6. The highest BCUT2D eigenvalue weighted by molar-refractivity contribution is 6.03. The van der Waals surface area contributed by atoms with Crippen molar-refractivity contribution in [3.05, 3.63) is 75.1 Å². The van der Waals surface area contributed by atoms with Gasteiger partial charge in [-0.2, -0.15) is 9.90 Å². The third kappa shape index (κ3) is 3.44. The molecule has 3 aromatic rings. The Bertz CT molecular complexity index is 993. The number of benzene rings is 2. The Balaban J connectivity index is 1.84. The number of nitro groups is 1. The Morgan fingerprint density at radius 3 is 2.38 bits per heavy atom. The summed E-state index contributed by atoms with van der Waals surface area (Å²) in [6, 6.07) is 11.5. The molecule has 0 bridgehead atoms. The van der Waals surface area contributed by atoms with Gasteiger partial charge in [-0.05, 0) is 44.5 Å². The van der Waals surface area contributed by atoms with E-state index >= 15 is 0 Å². The first-order valence-corrected chi connectivity index (χ1v) is 7.92.